The fraction of sp³-hybridized carbons (Fsp3) is 0.143. The lowest BCUT2D eigenvalue weighted by Gasteiger charge is -2.05. The highest BCUT2D eigenvalue weighted by atomic mass is 79.9. The summed E-state index contributed by atoms with van der Waals surface area (Å²) in [5, 5.41) is 5.49. The van der Waals surface area contributed by atoms with Gasteiger partial charge < -0.3 is 10.6 Å². The minimum atomic E-state index is -0.143. The number of hydrogen-bond donors (Lipinski definition) is 2. The molecule has 0 bridgehead atoms. The average Bonchev–Trinajstić information content (AvgIpc) is 2.71. The molecular formula is C14H13BrN2O2S. The minimum Gasteiger partial charge on any atom is -0.326 e. The molecule has 2 aromatic rings. The summed E-state index contributed by atoms with van der Waals surface area (Å²) in [4.78, 5) is 23.6. The summed E-state index contributed by atoms with van der Waals surface area (Å²) in [5.74, 6) is -0.267. The summed E-state index contributed by atoms with van der Waals surface area (Å²) in [5.41, 5.74) is 2.43. The van der Waals surface area contributed by atoms with Crippen molar-refractivity contribution in [2.75, 3.05) is 10.6 Å². The van der Waals surface area contributed by atoms with Gasteiger partial charge in [-0.15, -0.1) is 11.3 Å². The van der Waals surface area contributed by atoms with Crippen molar-refractivity contribution in [3.05, 3.63) is 44.6 Å². The maximum absolute atomic E-state index is 12.1. The number of hydrogen-bond acceptors (Lipinski definition) is 3. The van der Waals surface area contributed by atoms with Gasteiger partial charge in [0.2, 0.25) is 5.91 Å². The smallest absolute Gasteiger partial charge is 0.265 e. The molecule has 2 amide bonds. The van der Waals surface area contributed by atoms with Crippen molar-refractivity contribution >= 4 is 50.5 Å². The Morgan fingerprint density at radius 1 is 1.10 bits per heavy atom. The number of benzene rings is 1. The molecule has 0 radical (unpaired) electrons. The molecule has 6 heteroatoms. The van der Waals surface area contributed by atoms with Gasteiger partial charge in [-0.1, -0.05) is 0 Å². The molecule has 1 aromatic carbocycles. The van der Waals surface area contributed by atoms with E-state index in [1.54, 1.807) is 24.3 Å². The Hall–Kier alpha value is -1.66. The van der Waals surface area contributed by atoms with Gasteiger partial charge in [0.05, 0.1) is 8.66 Å². The number of carbonyl (C=O) groups is 2. The molecule has 0 aliphatic rings. The van der Waals surface area contributed by atoms with Crippen LogP contribution in [-0.4, -0.2) is 11.8 Å². The van der Waals surface area contributed by atoms with Crippen LogP contribution in [0.15, 0.2) is 34.1 Å². The Balaban J connectivity index is 2.06. The Labute approximate surface area is 129 Å². The van der Waals surface area contributed by atoms with Gasteiger partial charge in [-0.05, 0) is 58.7 Å². The second-order valence-corrected chi connectivity index (χ2v) is 6.65. The van der Waals surface area contributed by atoms with E-state index in [-0.39, 0.29) is 11.8 Å². The fourth-order valence-electron chi connectivity index (χ4n) is 1.60. The highest BCUT2D eigenvalue weighted by Crippen LogP contribution is 2.28. The summed E-state index contributed by atoms with van der Waals surface area (Å²) in [6, 6.07) is 8.83. The van der Waals surface area contributed by atoms with E-state index in [1.165, 1.54) is 18.3 Å². The number of rotatable bonds is 3. The number of nitrogens with one attached hydrogen (secondary N) is 2. The summed E-state index contributed by atoms with van der Waals surface area (Å²) < 4.78 is 0.962. The molecule has 1 aromatic heterocycles. The maximum Gasteiger partial charge on any atom is 0.265 e. The van der Waals surface area contributed by atoms with E-state index >= 15 is 0 Å². The summed E-state index contributed by atoms with van der Waals surface area (Å²) in [7, 11) is 0. The summed E-state index contributed by atoms with van der Waals surface area (Å²) in [6.45, 7) is 3.40. The number of carbonyl (C=O) groups excluding carboxylic acids is 2. The first-order valence-electron chi connectivity index (χ1n) is 5.90. The molecule has 104 valence electrons. The van der Waals surface area contributed by atoms with Crippen molar-refractivity contribution < 1.29 is 9.59 Å². The van der Waals surface area contributed by atoms with Crippen LogP contribution in [0.4, 0.5) is 11.4 Å². The first kappa shape index (κ1) is 14.7. The van der Waals surface area contributed by atoms with E-state index in [1.807, 2.05) is 13.0 Å². The Bertz CT molecular complexity index is 630. The van der Waals surface area contributed by atoms with E-state index in [0.717, 1.165) is 9.35 Å². The molecule has 0 aliphatic heterocycles. The van der Waals surface area contributed by atoms with Crippen molar-refractivity contribution in [3.8, 4) is 0 Å². The second-order valence-electron chi connectivity index (χ2n) is 4.28. The molecule has 4 nitrogen and oxygen atoms in total. The van der Waals surface area contributed by atoms with Crippen LogP contribution in [0.25, 0.3) is 0 Å². The number of halogens is 1. The van der Waals surface area contributed by atoms with Crippen LogP contribution in [-0.2, 0) is 4.79 Å². The van der Waals surface area contributed by atoms with E-state index in [9.17, 15) is 9.59 Å². The number of aryl methyl sites for hydroxylation is 1. The molecule has 0 spiro atoms. The molecule has 2 N–H and O–H groups in total. The lowest BCUT2D eigenvalue weighted by atomic mass is 10.2. The van der Waals surface area contributed by atoms with Crippen LogP contribution in [0.1, 0.15) is 22.2 Å². The maximum atomic E-state index is 12.1. The molecule has 0 atom stereocenters. The normalized spacial score (nSPS) is 10.2. The van der Waals surface area contributed by atoms with Crippen LogP contribution in [0.5, 0.6) is 0 Å². The van der Waals surface area contributed by atoms with Gasteiger partial charge in [-0.25, -0.2) is 0 Å². The molecule has 2 rings (SSSR count). The molecule has 1 heterocycles. The van der Waals surface area contributed by atoms with Crippen molar-refractivity contribution in [2.45, 2.75) is 13.8 Å². The van der Waals surface area contributed by atoms with E-state index in [2.05, 4.69) is 26.6 Å². The highest BCUT2D eigenvalue weighted by molar-refractivity contribution is 9.11. The molecule has 0 unspecified atom stereocenters. The Morgan fingerprint density at radius 2 is 1.65 bits per heavy atom. The molecule has 0 aliphatic carbocycles. The van der Waals surface area contributed by atoms with E-state index in [0.29, 0.717) is 16.3 Å². The molecule has 0 saturated heterocycles. The predicted octanol–water partition coefficient (Wildman–Crippen LogP) is 4.03. The zero-order valence-corrected chi connectivity index (χ0v) is 13.4. The Morgan fingerprint density at radius 3 is 2.10 bits per heavy atom. The van der Waals surface area contributed by atoms with Crippen LogP contribution < -0.4 is 10.6 Å². The van der Waals surface area contributed by atoms with Crippen molar-refractivity contribution in [3.63, 3.8) is 0 Å². The third-order valence-electron chi connectivity index (χ3n) is 2.54. The van der Waals surface area contributed by atoms with Crippen molar-refractivity contribution in [1.29, 1.82) is 0 Å². The van der Waals surface area contributed by atoms with Crippen molar-refractivity contribution in [1.82, 2.24) is 0 Å². The van der Waals surface area contributed by atoms with Crippen LogP contribution in [0.3, 0.4) is 0 Å². The standard InChI is InChI=1S/C14H13BrN2O2S/c1-8-7-12(20-13(8)15)14(19)17-11-5-3-10(4-6-11)16-9(2)18/h3-7H,1-2H3,(H,16,18)(H,17,19). The molecule has 0 saturated carbocycles. The summed E-state index contributed by atoms with van der Waals surface area (Å²) in [6.07, 6.45) is 0. The SMILES string of the molecule is CC(=O)Nc1ccc(NC(=O)c2cc(C)c(Br)s2)cc1. The van der Waals surface area contributed by atoms with Crippen LogP contribution >= 0.6 is 27.3 Å². The van der Waals surface area contributed by atoms with Crippen molar-refractivity contribution in [2.24, 2.45) is 0 Å². The van der Waals surface area contributed by atoms with Gasteiger partial charge in [0.1, 0.15) is 0 Å². The van der Waals surface area contributed by atoms with Gasteiger partial charge in [0.25, 0.3) is 5.91 Å². The molecular weight excluding hydrogens is 340 g/mol. The number of thiophene rings is 1. The number of amides is 2. The largest absolute Gasteiger partial charge is 0.326 e. The first-order valence-corrected chi connectivity index (χ1v) is 7.51. The third kappa shape index (κ3) is 3.68. The lowest BCUT2D eigenvalue weighted by Crippen LogP contribution is -2.10. The zero-order chi connectivity index (χ0) is 14.7. The molecule has 0 fully saturated rings. The Kier molecular flexibility index (Phi) is 4.57. The third-order valence-corrected chi connectivity index (χ3v) is 4.68. The monoisotopic (exact) mass is 352 g/mol. The van der Waals surface area contributed by atoms with Gasteiger partial charge in [-0.2, -0.15) is 0 Å². The first-order chi connectivity index (χ1) is 9.45. The zero-order valence-electron chi connectivity index (χ0n) is 11.0. The minimum absolute atomic E-state index is 0.124. The highest BCUT2D eigenvalue weighted by Gasteiger charge is 2.11. The quantitative estimate of drug-likeness (QED) is 0.875. The average molecular weight is 353 g/mol. The van der Waals surface area contributed by atoms with Crippen LogP contribution in [0.2, 0.25) is 0 Å². The van der Waals surface area contributed by atoms with Crippen LogP contribution in [0, 0.1) is 6.92 Å². The number of anilines is 2. The topological polar surface area (TPSA) is 58.2 Å². The lowest BCUT2D eigenvalue weighted by molar-refractivity contribution is -0.114. The summed E-state index contributed by atoms with van der Waals surface area (Å²) >= 11 is 4.80. The van der Waals surface area contributed by atoms with Gasteiger partial charge >= 0.3 is 0 Å². The second kappa shape index (κ2) is 6.19. The predicted molar refractivity (Wildman–Crippen MR) is 85.5 cm³/mol. The van der Waals surface area contributed by atoms with E-state index < -0.39 is 0 Å². The molecule has 20 heavy (non-hydrogen) atoms. The van der Waals surface area contributed by atoms with Gasteiger partial charge in [-0.3, -0.25) is 9.59 Å². The fourth-order valence-corrected chi connectivity index (χ4v) is 3.03. The van der Waals surface area contributed by atoms with E-state index in [4.69, 9.17) is 0 Å². The van der Waals surface area contributed by atoms with Gasteiger partial charge in [0.15, 0.2) is 0 Å². The van der Waals surface area contributed by atoms with Gasteiger partial charge in [0, 0.05) is 18.3 Å².